The first kappa shape index (κ1) is 8.73. The highest BCUT2D eigenvalue weighted by Gasteiger charge is 2.21. The van der Waals surface area contributed by atoms with Crippen LogP contribution in [0.15, 0.2) is 24.5 Å². The minimum absolute atomic E-state index is 0.188. The second-order valence-electron chi connectivity index (χ2n) is 3.96. The Morgan fingerprint density at radius 1 is 1.47 bits per heavy atom. The molecule has 1 saturated heterocycles. The van der Waals surface area contributed by atoms with Crippen molar-refractivity contribution >= 4 is 16.7 Å². The van der Waals surface area contributed by atoms with E-state index in [2.05, 4.69) is 14.9 Å². The van der Waals surface area contributed by atoms with Gasteiger partial charge in [0.05, 0.1) is 6.10 Å². The first-order chi connectivity index (χ1) is 7.34. The number of nitrogens with zero attached hydrogens (tertiary/aromatic N) is 2. The number of rotatable bonds is 1. The van der Waals surface area contributed by atoms with Crippen molar-refractivity contribution in [3.05, 3.63) is 24.5 Å². The molecule has 3 heterocycles. The Morgan fingerprint density at radius 3 is 3.20 bits per heavy atom. The second kappa shape index (κ2) is 3.24. The van der Waals surface area contributed by atoms with Crippen LogP contribution < -0.4 is 4.90 Å². The van der Waals surface area contributed by atoms with Crippen molar-refractivity contribution in [2.24, 2.45) is 0 Å². The number of β-amino-alcohol motifs (C(OH)–C–C–N with tert-alkyl or cyclic N) is 1. The SMILES string of the molecule is OC1CCN(c2ccnc3[nH]ccc23)C1. The minimum atomic E-state index is -0.188. The molecule has 0 spiro atoms. The van der Waals surface area contributed by atoms with Gasteiger partial charge in [0.1, 0.15) is 5.65 Å². The van der Waals surface area contributed by atoms with Crippen LogP contribution >= 0.6 is 0 Å². The number of fused-ring (bicyclic) bond motifs is 1. The highest BCUT2D eigenvalue weighted by molar-refractivity contribution is 5.89. The normalized spacial score (nSPS) is 21.4. The summed E-state index contributed by atoms with van der Waals surface area (Å²) in [5, 5.41) is 10.6. The molecule has 1 unspecified atom stereocenters. The van der Waals surface area contributed by atoms with E-state index in [0.717, 1.165) is 36.2 Å². The number of nitrogens with one attached hydrogen (secondary N) is 1. The Bertz CT molecular complexity index is 479. The summed E-state index contributed by atoms with van der Waals surface area (Å²) in [6.45, 7) is 1.65. The van der Waals surface area contributed by atoms with Gasteiger partial charge in [0.15, 0.2) is 0 Å². The zero-order valence-electron chi connectivity index (χ0n) is 8.35. The summed E-state index contributed by atoms with van der Waals surface area (Å²) < 4.78 is 0. The summed E-state index contributed by atoms with van der Waals surface area (Å²) in [6, 6.07) is 4.04. The molecule has 4 heteroatoms. The number of pyridine rings is 1. The number of aliphatic hydroxyl groups is 1. The fourth-order valence-corrected chi connectivity index (χ4v) is 2.18. The van der Waals surface area contributed by atoms with E-state index in [-0.39, 0.29) is 6.10 Å². The van der Waals surface area contributed by atoms with Gasteiger partial charge in [0.25, 0.3) is 0 Å². The summed E-state index contributed by atoms with van der Waals surface area (Å²) in [5.74, 6) is 0. The summed E-state index contributed by atoms with van der Waals surface area (Å²) >= 11 is 0. The summed E-state index contributed by atoms with van der Waals surface area (Å²) in [4.78, 5) is 9.55. The third kappa shape index (κ3) is 1.37. The van der Waals surface area contributed by atoms with Gasteiger partial charge in [-0.2, -0.15) is 0 Å². The number of hydrogen-bond donors (Lipinski definition) is 2. The molecule has 15 heavy (non-hydrogen) atoms. The summed E-state index contributed by atoms with van der Waals surface area (Å²) in [6.07, 6.45) is 4.37. The molecular formula is C11H13N3O. The third-order valence-electron chi connectivity index (χ3n) is 2.94. The quantitative estimate of drug-likeness (QED) is 0.730. The minimum Gasteiger partial charge on any atom is -0.391 e. The predicted octanol–water partition coefficient (Wildman–Crippen LogP) is 1.13. The van der Waals surface area contributed by atoms with Gasteiger partial charge in [0, 0.05) is 36.6 Å². The zero-order valence-corrected chi connectivity index (χ0v) is 8.35. The number of aliphatic hydroxyl groups excluding tert-OH is 1. The van der Waals surface area contributed by atoms with Gasteiger partial charge < -0.3 is 15.0 Å². The number of aromatic amines is 1. The number of H-pyrrole nitrogens is 1. The molecule has 0 aliphatic carbocycles. The Kier molecular flexibility index (Phi) is 1.89. The van der Waals surface area contributed by atoms with E-state index in [4.69, 9.17) is 0 Å². The highest BCUT2D eigenvalue weighted by atomic mass is 16.3. The van der Waals surface area contributed by atoms with E-state index in [1.165, 1.54) is 0 Å². The maximum Gasteiger partial charge on any atom is 0.139 e. The molecule has 0 bridgehead atoms. The maximum absolute atomic E-state index is 9.52. The van der Waals surface area contributed by atoms with Crippen molar-refractivity contribution in [1.29, 1.82) is 0 Å². The lowest BCUT2D eigenvalue weighted by Crippen LogP contribution is -2.21. The van der Waals surface area contributed by atoms with Gasteiger partial charge in [-0.3, -0.25) is 0 Å². The first-order valence-electron chi connectivity index (χ1n) is 5.20. The van der Waals surface area contributed by atoms with Crippen molar-refractivity contribution in [2.75, 3.05) is 18.0 Å². The lowest BCUT2D eigenvalue weighted by Gasteiger charge is -2.18. The Morgan fingerprint density at radius 2 is 2.40 bits per heavy atom. The summed E-state index contributed by atoms with van der Waals surface area (Å²) in [7, 11) is 0. The monoisotopic (exact) mass is 203 g/mol. The molecule has 2 aromatic heterocycles. The van der Waals surface area contributed by atoms with E-state index in [0.29, 0.717) is 0 Å². The van der Waals surface area contributed by atoms with E-state index in [1.807, 2.05) is 18.3 Å². The fourth-order valence-electron chi connectivity index (χ4n) is 2.18. The lowest BCUT2D eigenvalue weighted by atomic mass is 10.2. The molecule has 3 rings (SSSR count). The van der Waals surface area contributed by atoms with E-state index in [9.17, 15) is 5.11 Å². The highest BCUT2D eigenvalue weighted by Crippen LogP contribution is 2.27. The standard InChI is InChI=1S/C11H13N3O/c15-8-3-6-14(7-8)10-2-5-13-11-9(10)1-4-12-11/h1-2,4-5,8,15H,3,6-7H2,(H,12,13). The molecule has 1 aliphatic heterocycles. The first-order valence-corrected chi connectivity index (χ1v) is 5.20. The van der Waals surface area contributed by atoms with Gasteiger partial charge in [-0.25, -0.2) is 4.98 Å². The van der Waals surface area contributed by atoms with Gasteiger partial charge in [-0.05, 0) is 18.6 Å². The number of hydrogen-bond acceptors (Lipinski definition) is 3. The molecule has 0 aromatic carbocycles. The van der Waals surface area contributed by atoms with Crippen LogP contribution in [-0.4, -0.2) is 34.3 Å². The van der Waals surface area contributed by atoms with Crippen molar-refractivity contribution in [2.45, 2.75) is 12.5 Å². The molecule has 4 nitrogen and oxygen atoms in total. The van der Waals surface area contributed by atoms with E-state index < -0.39 is 0 Å². The molecule has 1 atom stereocenters. The molecular weight excluding hydrogens is 190 g/mol. The largest absolute Gasteiger partial charge is 0.391 e. The Balaban J connectivity index is 2.06. The van der Waals surface area contributed by atoms with Crippen LogP contribution in [0.4, 0.5) is 5.69 Å². The Hall–Kier alpha value is -1.55. The Labute approximate surface area is 87.5 Å². The fraction of sp³-hybridized carbons (Fsp3) is 0.364. The molecule has 1 aliphatic rings. The van der Waals surface area contributed by atoms with Crippen LogP contribution in [0.1, 0.15) is 6.42 Å². The topological polar surface area (TPSA) is 52.1 Å². The average Bonchev–Trinajstić information content (AvgIpc) is 2.84. The van der Waals surface area contributed by atoms with Crippen molar-refractivity contribution in [3.8, 4) is 0 Å². The van der Waals surface area contributed by atoms with Crippen LogP contribution in [0, 0.1) is 0 Å². The van der Waals surface area contributed by atoms with Crippen LogP contribution in [0.2, 0.25) is 0 Å². The molecule has 0 radical (unpaired) electrons. The van der Waals surface area contributed by atoms with Crippen molar-refractivity contribution < 1.29 is 5.11 Å². The van der Waals surface area contributed by atoms with Crippen LogP contribution in [-0.2, 0) is 0 Å². The average molecular weight is 203 g/mol. The summed E-state index contributed by atoms with van der Waals surface area (Å²) in [5.41, 5.74) is 2.08. The predicted molar refractivity (Wildman–Crippen MR) is 58.9 cm³/mol. The molecule has 0 saturated carbocycles. The van der Waals surface area contributed by atoms with Crippen molar-refractivity contribution in [3.63, 3.8) is 0 Å². The maximum atomic E-state index is 9.52. The van der Waals surface area contributed by atoms with Crippen LogP contribution in [0.25, 0.3) is 11.0 Å². The van der Waals surface area contributed by atoms with Gasteiger partial charge in [-0.15, -0.1) is 0 Å². The van der Waals surface area contributed by atoms with Gasteiger partial charge in [-0.1, -0.05) is 0 Å². The zero-order chi connectivity index (χ0) is 10.3. The second-order valence-corrected chi connectivity index (χ2v) is 3.96. The lowest BCUT2D eigenvalue weighted by molar-refractivity contribution is 0.198. The van der Waals surface area contributed by atoms with E-state index in [1.54, 1.807) is 6.20 Å². The van der Waals surface area contributed by atoms with Gasteiger partial charge in [0.2, 0.25) is 0 Å². The van der Waals surface area contributed by atoms with Crippen molar-refractivity contribution in [1.82, 2.24) is 9.97 Å². The van der Waals surface area contributed by atoms with Gasteiger partial charge >= 0.3 is 0 Å². The number of aromatic nitrogens is 2. The smallest absolute Gasteiger partial charge is 0.139 e. The molecule has 78 valence electrons. The van der Waals surface area contributed by atoms with E-state index >= 15 is 0 Å². The van der Waals surface area contributed by atoms with Crippen LogP contribution in [0.5, 0.6) is 0 Å². The molecule has 2 N–H and O–H groups in total. The molecule has 2 aromatic rings. The number of anilines is 1. The molecule has 0 amide bonds. The third-order valence-corrected chi connectivity index (χ3v) is 2.94. The van der Waals surface area contributed by atoms with Crippen LogP contribution in [0.3, 0.4) is 0 Å². The molecule has 1 fully saturated rings.